The smallest absolute Gasteiger partial charge is 0.136 e. The Kier molecular flexibility index (Phi) is 2.30. The molecule has 0 saturated carbocycles. The number of aromatic hydroxyl groups is 1. The van der Waals surface area contributed by atoms with Gasteiger partial charge in [-0.1, -0.05) is 28.1 Å². The van der Waals surface area contributed by atoms with E-state index in [4.69, 9.17) is 0 Å². The lowest BCUT2D eigenvalue weighted by Gasteiger charge is -1.99. The van der Waals surface area contributed by atoms with E-state index in [-0.39, 0.29) is 0 Å². The molecule has 13 heavy (non-hydrogen) atoms. The Morgan fingerprint density at radius 3 is 2.92 bits per heavy atom. The molecule has 3 heteroatoms. The number of rotatable bonds is 1. The van der Waals surface area contributed by atoms with Crippen LogP contribution in [-0.4, -0.2) is 5.11 Å². The lowest BCUT2D eigenvalue weighted by molar-refractivity contribution is 0.478. The van der Waals surface area contributed by atoms with Crippen LogP contribution in [0.2, 0.25) is 0 Å². The van der Waals surface area contributed by atoms with Gasteiger partial charge in [0.1, 0.15) is 5.75 Å². The number of phenols is 1. The highest BCUT2D eigenvalue weighted by molar-refractivity contribution is 9.08. The van der Waals surface area contributed by atoms with Crippen molar-refractivity contribution in [2.24, 2.45) is 0 Å². The summed E-state index contributed by atoms with van der Waals surface area (Å²) in [7, 11) is 0. The molecule has 0 unspecified atom stereocenters. The van der Waals surface area contributed by atoms with E-state index in [1.807, 2.05) is 13.0 Å². The molecule has 0 bridgehead atoms. The Morgan fingerprint density at radius 1 is 1.46 bits per heavy atom. The maximum atomic E-state index is 9.76. The van der Waals surface area contributed by atoms with Crippen LogP contribution in [0.5, 0.6) is 5.75 Å². The van der Waals surface area contributed by atoms with Crippen LogP contribution in [0.3, 0.4) is 0 Å². The second kappa shape index (κ2) is 3.31. The van der Waals surface area contributed by atoms with Crippen molar-refractivity contribution < 1.29 is 5.11 Å². The molecule has 0 aliphatic rings. The minimum Gasteiger partial charge on any atom is -0.506 e. The van der Waals surface area contributed by atoms with E-state index in [1.54, 1.807) is 11.3 Å². The second-order valence-corrected chi connectivity index (χ2v) is 4.44. The van der Waals surface area contributed by atoms with Crippen molar-refractivity contribution >= 4 is 37.4 Å². The average molecular weight is 257 g/mol. The number of aryl methyl sites for hydroxylation is 1. The molecule has 0 aliphatic carbocycles. The molecular weight excluding hydrogens is 248 g/mol. The van der Waals surface area contributed by atoms with Crippen LogP contribution in [0.25, 0.3) is 10.1 Å². The number of alkyl halides is 1. The first-order valence-electron chi connectivity index (χ1n) is 3.98. The van der Waals surface area contributed by atoms with Crippen molar-refractivity contribution in [2.45, 2.75) is 12.3 Å². The summed E-state index contributed by atoms with van der Waals surface area (Å²) in [6.45, 7) is 1.92. The van der Waals surface area contributed by atoms with Crippen molar-refractivity contribution in [3.05, 3.63) is 28.6 Å². The van der Waals surface area contributed by atoms with Gasteiger partial charge in [-0.3, -0.25) is 0 Å². The van der Waals surface area contributed by atoms with Gasteiger partial charge in [0.15, 0.2) is 0 Å². The monoisotopic (exact) mass is 256 g/mol. The molecule has 0 amide bonds. The fourth-order valence-corrected chi connectivity index (χ4v) is 3.09. The molecule has 1 aromatic heterocycles. The Hall–Kier alpha value is -0.540. The summed E-state index contributed by atoms with van der Waals surface area (Å²) in [6.07, 6.45) is 0. The van der Waals surface area contributed by atoms with Crippen LogP contribution >= 0.6 is 27.3 Å². The van der Waals surface area contributed by atoms with Crippen LogP contribution < -0.4 is 0 Å². The van der Waals surface area contributed by atoms with Gasteiger partial charge in [0, 0.05) is 10.7 Å². The van der Waals surface area contributed by atoms with E-state index in [1.165, 1.54) is 5.56 Å². The zero-order valence-corrected chi connectivity index (χ0v) is 9.58. The fraction of sp³-hybridized carbons (Fsp3) is 0.200. The van der Waals surface area contributed by atoms with Gasteiger partial charge in [-0.05, 0) is 23.4 Å². The summed E-state index contributed by atoms with van der Waals surface area (Å²) in [4.78, 5) is 0. The van der Waals surface area contributed by atoms with Crippen molar-refractivity contribution in [3.8, 4) is 5.75 Å². The van der Waals surface area contributed by atoms with Gasteiger partial charge in [-0.25, -0.2) is 0 Å². The fourth-order valence-electron chi connectivity index (χ4n) is 1.34. The Morgan fingerprint density at radius 2 is 2.23 bits per heavy atom. The van der Waals surface area contributed by atoms with Crippen LogP contribution in [0.15, 0.2) is 17.5 Å². The van der Waals surface area contributed by atoms with Crippen molar-refractivity contribution in [2.75, 3.05) is 0 Å². The summed E-state index contributed by atoms with van der Waals surface area (Å²) < 4.78 is 0.995. The van der Waals surface area contributed by atoms with Gasteiger partial charge in [0.05, 0.1) is 4.70 Å². The van der Waals surface area contributed by atoms with Gasteiger partial charge < -0.3 is 5.11 Å². The Labute approximate surface area is 89.1 Å². The number of hydrogen-bond donors (Lipinski definition) is 1. The zero-order valence-electron chi connectivity index (χ0n) is 7.17. The third-order valence-electron chi connectivity index (χ3n) is 2.14. The second-order valence-electron chi connectivity index (χ2n) is 3.00. The number of benzene rings is 1. The number of hydrogen-bond acceptors (Lipinski definition) is 2. The van der Waals surface area contributed by atoms with E-state index in [9.17, 15) is 5.11 Å². The van der Waals surface area contributed by atoms with Crippen LogP contribution in [0, 0.1) is 6.92 Å². The van der Waals surface area contributed by atoms with E-state index < -0.39 is 0 Å². The largest absolute Gasteiger partial charge is 0.506 e. The van der Waals surface area contributed by atoms with Gasteiger partial charge >= 0.3 is 0 Å². The number of thiophene rings is 1. The molecule has 0 atom stereocenters. The van der Waals surface area contributed by atoms with Gasteiger partial charge in [0.25, 0.3) is 0 Å². The highest BCUT2D eigenvalue weighted by atomic mass is 79.9. The quantitative estimate of drug-likeness (QED) is 0.770. The third kappa shape index (κ3) is 1.36. The van der Waals surface area contributed by atoms with E-state index in [0.29, 0.717) is 5.75 Å². The van der Waals surface area contributed by atoms with Crippen LogP contribution in [0.1, 0.15) is 11.1 Å². The molecule has 0 saturated heterocycles. The number of fused-ring (bicyclic) bond motifs is 1. The zero-order chi connectivity index (χ0) is 9.42. The predicted molar refractivity (Wildman–Crippen MR) is 60.9 cm³/mol. The van der Waals surface area contributed by atoms with E-state index >= 15 is 0 Å². The summed E-state index contributed by atoms with van der Waals surface area (Å²) >= 11 is 5.03. The molecule has 1 N–H and O–H groups in total. The topological polar surface area (TPSA) is 20.2 Å². The highest BCUT2D eigenvalue weighted by Crippen LogP contribution is 2.36. The molecule has 0 aliphatic heterocycles. The first kappa shape index (κ1) is 9.03. The maximum Gasteiger partial charge on any atom is 0.136 e. The molecule has 0 radical (unpaired) electrons. The first-order chi connectivity index (χ1) is 6.24. The maximum absolute atomic E-state index is 9.76. The SMILES string of the molecule is Cc1ccc2c(CBr)csc2c1O. The van der Waals surface area contributed by atoms with Gasteiger partial charge in [0.2, 0.25) is 0 Å². The Bertz CT molecular complexity index is 447. The van der Waals surface area contributed by atoms with E-state index in [2.05, 4.69) is 27.4 Å². The standard InChI is InChI=1S/C10H9BrOS/c1-6-2-3-8-7(4-11)5-13-10(8)9(6)12/h2-3,5,12H,4H2,1H3. The summed E-state index contributed by atoms with van der Waals surface area (Å²) in [6, 6.07) is 4.02. The van der Waals surface area contributed by atoms with Crippen LogP contribution in [0.4, 0.5) is 0 Å². The normalized spacial score (nSPS) is 10.9. The molecule has 2 aromatic rings. The predicted octanol–water partition coefficient (Wildman–Crippen LogP) is 3.81. The summed E-state index contributed by atoms with van der Waals surface area (Å²) in [5.41, 5.74) is 2.19. The molecule has 1 nitrogen and oxygen atoms in total. The molecule has 0 spiro atoms. The Balaban J connectivity index is 2.81. The average Bonchev–Trinajstić information content (AvgIpc) is 2.55. The van der Waals surface area contributed by atoms with Crippen molar-refractivity contribution in [1.82, 2.24) is 0 Å². The molecule has 0 fully saturated rings. The van der Waals surface area contributed by atoms with Crippen molar-refractivity contribution in [3.63, 3.8) is 0 Å². The summed E-state index contributed by atoms with van der Waals surface area (Å²) in [5.74, 6) is 0.426. The third-order valence-corrected chi connectivity index (χ3v) is 3.80. The minimum absolute atomic E-state index is 0.426. The van der Waals surface area contributed by atoms with E-state index in [0.717, 1.165) is 21.0 Å². The number of phenolic OH excluding ortho intramolecular Hbond substituents is 1. The molecule has 1 heterocycles. The van der Waals surface area contributed by atoms with Crippen molar-refractivity contribution in [1.29, 1.82) is 0 Å². The van der Waals surface area contributed by atoms with Gasteiger partial charge in [-0.15, -0.1) is 11.3 Å². The first-order valence-corrected chi connectivity index (χ1v) is 5.98. The number of halogens is 1. The minimum atomic E-state index is 0.426. The van der Waals surface area contributed by atoms with Gasteiger partial charge in [-0.2, -0.15) is 0 Å². The molecule has 1 aromatic carbocycles. The lowest BCUT2D eigenvalue weighted by Crippen LogP contribution is -1.76. The molecule has 68 valence electrons. The molecular formula is C10H9BrOS. The van der Waals surface area contributed by atoms with Crippen LogP contribution in [-0.2, 0) is 5.33 Å². The summed E-state index contributed by atoms with van der Waals surface area (Å²) in [5, 5.41) is 13.8. The lowest BCUT2D eigenvalue weighted by atomic mass is 10.1. The highest BCUT2D eigenvalue weighted by Gasteiger charge is 2.07. The molecule has 2 rings (SSSR count).